The molecule has 1 aromatic rings. The zero-order chi connectivity index (χ0) is 16.2. The molecule has 0 spiro atoms. The van der Waals surface area contributed by atoms with Crippen molar-refractivity contribution in [3.8, 4) is 11.8 Å². The van der Waals surface area contributed by atoms with Crippen molar-refractivity contribution in [2.75, 3.05) is 0 Å². The molecule has 4 nitrogen and oxygen atoms in total. The first-order valence-electron chi connectivity index (χ1n) is 7.31. The van der Waals surface area contributed by atoms with Crippen molar-refractivity contribution >= 4 is 21.8 Å². The molecule has 1 aromatic carbocycles. The van der Waals surface area contributed by atoms with Crippen LogP contribution in [0.3, 0.4) is 0 Å². The van der Waals surface area contributed by atoms with Crippen LogP contribution in [0.1, 0.15) is 39.0 Å². The van der Waals surface area contributed by atoms with Crippen LogP contribution in [0.2, 0.25) is 0 Å². The van der Waals surface area contributed by atoms with Gasteiger partial charge >= 0.3 is 0 Å². The molecule has 1 aliphatic carbocycles. The van der Waals surface area contributed by atoms with Crippen molar-refractivity contribution in [1.82, 2.24) is 5.32 Å². The quantitative estimate of drug-likeness (QED) is 0.881. The summed E-state index contributed by atoms with van der Waals surface area (Å²) in [6, 6.07) is 6.24. The number of benzene rings is 1. The van der Waals surface area contributed by atoms with Crippen LogP contribution < -0.4 is 10.1 Å². The molecule has 22 heavy (non-hydrogen) atoms. The number of carbonyl (C=O) groups is 1. The largest absolute Gasteiger partial charge is 0.480 e. The first kappa shape index (κ1) is 16.8. The molecule has 1 fully saturated rings. The normalized spacial score (nSPS) is 18.1. The average Bonchev–Trinajstić information content (AvgIpc) is 2.51. The Morgan fingerprint density at radius 2 is 2.14 bits per heavy atom. The fourth-order valence-electron chi connectivity index (χ4n) is 2.57. The molecule has 6 heteroatoms. The van der Waals surface area contributed by atoms with E-state index in [4.69, 9.17) is 4.74 Å². The van der Waals surface area contributed by atoms with Crippen molar-refractivity contribution in [2.24, 2.45) is 0 Å². The van der Waals surface area contributed by atoms with Gasteiger partial charge < -0.3 is 10.1 Å². The molecular formula is C16H18BrFN2O2. The Morgan fingerprint density at radius 1 is 1.45 bits per heavy atom. The molecule has 1 N–H and O–H groups in total. The summed E-state index contributed by atoms with van der Waals surface area (Å²) >= 11 is 3.20. The molecule has 1 amide bonds. The maximum absolute atomic E-state index is 13.0. The third kappa shape index (κ3) is 3.98. The molecule has 1 saturated carbocycles. The highest BCUT2D eigenvalue weighted by Crippen LogP contribution is 2.29. The maximum atomic E-state index is 13.0. The van der Waals surface area contributed by atoms with E-state index in [0.717, 1.165) is 19.3 Å². The van der Waals surface area contributed by atoms with Crippen molar-refractivity contribution in [2.45, 2.75) is 50.7 Å². The summed E-state index contributed by atoms with van der Waals surface area (Å²) < 4.78 is 19.1. The number of nitrogens with zero attached hydrogens (tertiary/aromatic N) is 1. The minimum Gasteiger partial charge on any atom is -0.480 e. The molecule has 1 unspecified atom stereocenters. The number of ether oxygens (including phenoxy) is 1. The van der Waals surface area contributed by atoms with Gasteiger partial charge in [0.15, 0.2) is 6.10 Å². The molecule has 0 aliphatic heterocycles. The highest BCUT2D eigenvalue weighted by atomic mass is 79.9. The van der Waals surface area contributed by atoms with Gasteiger partial charge in [0.1, 0.15) is 17.1 Å². The second-order valence-corrected chi connectivity index (χ2v) is 6.43. The van der Waals surface area contributed by atoms with E-state index in [1.165, 1.54) is 18.2 Å². The maximum Gasteiger partial charge on any atom is 0.262 e. The molecule has 1 aliphatic rings. The number of carbonyl (C=O) groups excluding carboxylic acids is 1. The highest BCUT2D eigenvalue weighted by Gasteiger charge is 2.35. The smallest absolute Gasteiger partial charge is 0.262 e. The Hall–Kier alpha value is -1.61. The summed E-state index contributed by atoms with van der Waals surface area (Å²) in [5.74, 6) is -0.333. The third-order valence-electron chi connectivity index (χ3n) is 3.85. The lowest BCUT2D eigenvalue weighted by Gasteiger charge is -2.32. The first-order valence-corrected chi connectivity index (χ1v) is 8.10. The Kier molecular flexibility index (Phi) is 5.41. The number of hydrogen-bond donors (Lipinski definition) is 1. The summed E-state index contributed by atoms with van der Waals surface area (Å²) in [5.41, 5.74) is -0.785. The van der Waals surface area contributed by atoms with Gasteiger partial charge in [-0.05, 0) is 53.9 Å². The topological polar surface area (TPSA) is 62.1 Å². The third-order valence-corrected chi connectivity index (χ3v) is 4.47. The SMILES string of the molecule is CC(Oc1ccc(F)cc1Br)C(=O)NC1(C#N)CCCCC1. The number of hydrogen-bond acceptors (Lipinski definition) is 3. The molecule has 0 radical (unpaired) electrons. The number of nitrogens with one attached hydrogen (secondary N) is 1. The monoisotopic (exact) mass is 368 g/mol. The van der Waals surface area contributed by atoms with Crippen LogP contribution in [0.4, 0.5) is 4.39 Å². The minimum absolute atomic E-state index is 0.334. The van der Waals surface area contributed by atoms with Gasteiger partial charge in [-0.3, -0.25) is 4.79 Å². The Morgan fingerprint density at radius 3 is 2.73 bits per heavy atom. The van der Waals surface area contributed by atoms with E-state index in [1.807, 2.05) is 0 Å². The Bertz CT molecular complexity index is 594. The lowest BCUT2D eigenvalue weighted by atomic mass is 9.83. The minimum atomic E-state index is -0.785. The molecule has 2 rings (SSSR count). The number of nitriles is 1. The molecule has 0 heterocycles. The van der Waals surface area contributed by atoms with E-state index in [1.54, 1.807) is 6.92 Å². The van der Waals surface area contributed by atoms with E-state index in [9.17, 15) is 14.4 Å². The van der Waals surface area contributed by atoms with Crippen molar-refractivity contribution in [3.63, 3.8) is 0 Å². The van der Waals surface area contributed by atoms with Gasteiger partial charge in [0, 0.05) is 0 Å². The molecule has 0 bridgehead atoms. The van der Waals surface area contributed by atoms with Gasteiger partial charge in [0.25, 0.3) is 5.91 Å². The first-order chi connectivity index (χ1) is 10.5. The predicted molar refractivity (Wildman–Crippen MR) is 83.8 cm³/mol. The average molecular weight is 369 g/mol. The van der Waals surface area contributed by atoms with E-state index in [-0.39, 0.29) is 11.7 Å². The number of halogens is 2. The van der Waals surface area contributed by atoms with Crippen LogP contribution in [-0.4, -0.2) is 17.6 Å². The van der Waals surface area contributed by atoms with Crippen LogP contribution >= 0.6 is 15.9 Å². The van der Waals surface area contributed by atoms with Crippen molar-refractivity contribution in [1.29, 1.82) is 5.26 Å². The second-order valence-electron chi connectivity index (χ2n) is 5.58. The lowest BCUT2D eigenvalue weighted by molar-refractivity contribution is -0.129. The number of rotatable bonds is 4. The van der Waals surface area contributed by atoms with Gasteiger partial charge in [0.05, 0.1) is 10.5 Å². The van der Waals surface area contributed by atoms with Crippen LogP contribution in [0.5, 0.6) is 5.75 Å². The van der Waals surface area contributed by atoms with Crippen LogP contribution in [0.15, 0.2) is 22.7 Å². The van der Waals surface area contributed by atoms with Gasteiger partial charge in [-0.1, -0.05) is 19.3 Å². The Balaban J connectivity index is 2.01. The molecule has 1 atom stereocenters. The van der Waals surface area contributed by atoms with Gasteiger partial charge in [-0.2, -0.15) is 5.26 Å². The summed E-state index contributed by atoms with van der Waals surface area (Å²) in [5, 5.41) is 12.2. The fraction of sp³-hybridized carbons (Fsp3) is 0.500. The highest BCUT2D eigenvalue weighted by molar-refractivity contribution is 9.10. The lowest BCUT2D eigenvalue weighted by Crippen LogP contribution is -2.52. The van der Waals surface area contributed by atoms with E-state index < -0.39 is 11.6 Å². The van der Waals surface area contributed by atoms with Crippen LogP contribution in [0, 0.1) is 17.1 Å². The van der Waals surface area contributed by atoms with E-state index in [0.29, 0.717) is 23.1 Å². The summed E-state index contributed by atoms with van der Waals surface area (Å²) in [7, 11) is 0. The Labute approximate surface area is 137 Å². The fourth-order valence-corrected chi connectivity index (χ4v) is 3.02. The molecular weight excluding hydrogens is 351 g/mol. The van der Waals surface area contributed by atoms with E-state index >= 15 is 0 Å². The van der Waals surface area contributed by atoms with Gasteiger partial charge in [-0.15, -0.1) is 0 Å². The molecule has 118 valence electrons. The second kappa shape index (κ2) is 7.10. The standard InChI is InChI=1S/C16H18BrFN2O2/c1-11(22-14-6-5-12(18)9-13(14)17)15(21)20-16(10-19)7-3-2-4-8-16/h5-6,9,11H,2-4,7-8H2,1H3,(H,20,21). The molecule has 0 aromatic heterocycles. The van der Waals surface area contributed by atoms with Gasteiger partial charge in [-0.25, -0.2) is 4.39 Å². The van der Waals surface area contributed by atoms with Crippen molar-refractivity contribution < 1.29 is 13.9 Å². The van der Waals surface area contributed by atoms with E-state index in [2.05, 4.69) is 27.3 Å². The van der Waals surface area contributed by atoms with Crippen molar-refractivity contribution in [3.05, 3.63) is 28.5 Å². The van der Waals surface area contributed by atoms with Gasteiger partial charge in [0.2, 0.25) is 0 Å². The predicted octanol–water partition coefficient (Wildman–Crippen LogP) is 3.70. The van der Waals surface area contributed by atoms with Crippen LogP contribution in [-0.2, 0) is 4.79 Å². The zero-order valence-corrected chi connectivity index (χ0v) is 14.0. The summed E-state index contributed by atoms with van der Waals surface area (Å²) in [6.07, 6.45) is 3.53. The molecule has 0 saturated heterocycles. The number of amides is 1. The zero-order valence-electron chi connectivity index (χ0n) is 12.4. The van der Waals surface area contributed by atoms with Crippen LogP contribution in [0.25, 0.3) is 0 Å². The summed E-state index contributed by atoms with van der Waals surface area (Å²) in [4.78, 5) is 12.3. The summed E-state index contributed by atoms with van der Waals surface area (Å²) in [6.45, 7) is 1.61.